The SMILES string of the molecule is O=C(O)C(F)c1cc(F)cc(C(F)(F)F)c1. The second kappa shape index (κ2) is 4.07. The zero-order valence-corrected chi connectivity index (χ0v) is 7.55. The molecule has 0 aromatic heterocycles. The Morgan fingerprint density at radius 3 is 2.25 bits per heavy atom. The minimum absolute atomic E-state index is 0.165. The lowest BCUT2D eigenvalue weighted by atomic mass is 10.1. The van der Waals surface area contributed by atoms with E-state index in [0.29, 0.717) is 6.07 Å². The van der Waals surface area contributed by atoms with Gasteiger partial charge in [0.2, 0.25) is 6.17 Å². The van der Waals surface area contributed by atoms with Crippen molar-refractivity contribution in [3.63, 3.8) is 0 Å². The molecule has 1 N–H and O–H groups in total. The number of benzene rings is 1. The average molecular weight is 240 g/mol. The molecule has 1 aromatic carbocycles. The third-order valence-electron chi connectivity index (χ3n) is 1.76. The van der Waals surface area contributed by atoms with Crippen LogP contribution >= 0.6 is 0 Å². The van der Waals surface area contributed by atoms with Crippen molar-refractivity contribution in [1.82, 2.24) is 0 Å². The molecule has 0 aliphatic rings. The first kappa shape index (κ1) is 12.4. The van der Waals surface area contributed by atoms with E-state index in [2.05, 4.69) is 0 Å². The first-order valence-electron chi connectivity index (χ1n) is 3.96. The second-order valence-corrected chi connectivity index (χ2v) is 2.97. The van der Waals surface area contributed by atoms with E-state index in [4.69, 9.17) is 5.11 Å². The maximum Gasteiger partial charge on any atom is 0.416 e. The molecule has 1 rings (SSSR count). The van der Waals surface area contributed by atoms with Crippen molar-refractivity contribution in [2.45, 2.75) is 12.3 Å². The van der Waals surface area contributed by atoms with Crippen molar-refractivity contribution >= 4 is 5.97 Å². The summed E-state index contributed by atoms with van der Waals surface area (Å²) >= 11 is 0. The van der Waals surface area contributed by atoms with Gasteiger partial charge in [-0.2, -0.15) is 13.2 Å². The summed E-state index contributed by atoms with van der Waals surface area (Å²) in [6.45, 7) is 0. The van der Waals surface area contributed by atoms with Gasteiger partial charge in [0.15, 0.2) is 0 Å². The summed E-state index contributed by atoms with van der Waals surface area (Å²) < 4.78 is 62.1. The maximum absolute atomic E-state index is 12.9. The zero-order chi connectivity index (χ0) is 12.5. The van der Waals surface area contributed by atoms with E-state index in [9.17, 15) is 26.7 Å². The molecule has 0 aliphatic heterocycles. The fourth-order valence-electron chi connectivity index (χ4n) is 1.06. The third kappa shape index (κ3) is 2.68. The van der Waals surface area contributed by atoms with Crippen molar-refractivity contribution in [3.05, 3.63) is 35.1 Å². The largest absolute Gasteiger partial charge is 0.479 e. The van der Waals surface area contributed by atoms with Gasteiger partial charge in [-0.25, -0.2) is 13.6 Å². The van der Waals surface area contributed by atoms with Crippen LogP contribution in [0.2, 0.25) is 0 Å². The fraction of sp³-hybridized carbons (Fsp3) is 0.222. The van der Waals surface area contributed by atoms with E-state index in [1.165, 1.54) is 0 Å². The lowest BCUT2D eigenvalue weighted by Gasteiger charge is -2.10. The number of alkyl halides is 4. The Labute approximate surface area is 86.3 Å². The molecule has 7 heteroatoms. The summed E-state index contributed by atoms with van der Waals surface area (Å²) in [6, 6.07) is 0.841. The number of hydrogen-bond donors (Lipinski definition) is 1. The molecular formula is C9H5F5O2. The van der Waals surface area contributed by atoms with Gasteiger partial charge in [0.05, 0.1) is 5.56 Å². The van der Waals surface area contributed by atoms with Gasteiger partial charge in [0, 0.05) is 5.56 Å². The highest BCUT2D eigenvalue weighted by molar-refractivity contribution is 5.74. The molecule has 1 unspecified atom stereocenters. The Morgan fingerprint density at radius 2 is 1.81 bits per heavy atom. The summed E-state index contributed by atoms with van der Waals surface area (Å²) in [5.41, 5.74) is -2.30. The molecule has 88 valence electrons. The smallest absolute Gasteiger partial charge is 0.416 e. The predicted molar refractivity (Wildman–Crippen MR) is 42.9 cm³/mol. The highest BCUT2D eigenvalue weighted by atomic mass is 19.4. The summed E-state index contributed by atoms with van der Waals surface area (Å²) in [4.78, 5) is 10.2. The van der Waals surface area contributed by atoms with Gasteiger partial charge in [-0.05, 0) is 18.2 Å². The molecule has 0 amide bonds. The first-order chi connectivity index (χ1) is 7.21. The van der Waals surface area contributed by atoms with Crippen LogP contribution in [0.1, 0.15) is 17.3 Å². The zero-order valence-electron chi connectivity index (χ0n) is 7.55. The summed E-state index contributed by atoms with van der Waals surface area (Å²) in [7, 11) is 0. The normalized spacial score (nSPS) is 13.6. The fourth-order valence-corrected chi connectivity index (χ4v) is 1.06. The van der Waals surface area contributed by atoms with Crippen LogP contribution in [0.15, 0.2) is 18.2 Å². The van der Waals surface area contributed by atoms with Crippen LogP contribution in [-0.4, -0.2) is 11.1 Å². The predicted octanol–water partition coefficient (Wildman–Crippen LogP) is 2.94. The van der Waals surface area contributed by atoms with E-state index in [1.807, 2.05) is 0 Å². The van der Waals surface area contributed by atoms with Crippen molar-refractivity contribution < 1.29 is 31.9 Å². The lowest BCUT2D eigenvalue weighted by molar-refractivity contribution is -0.143. The van der Waals surface area contributed by atoms with Crippen molar-refractivity contribution in [2.24, 2.45) is 0 Å². The summed E-state index contributed by atoms with van der Waals surface area (Å²) in [6.07, 6.45) is -7.54. The Morgan fingerprint density at radius 1 is 1.25 bits per heavy atom. The van der Waals surface area contributed by atoms with Gasteiger partial charge in [0.1, 0.15) is 5.82 Å². The molecule has 0 fully saturated rings. The van der Waals surface area contributed by atoms with Crippen molar-refractivity contribution in [2.75, 3.05) is 0 Å². The quantitative estimate of drug-likeness (QED) is 0.807. The van der Waals surface area contributed by atoms with Crippen LogP contribution in [0.4, 0.5) is 22.0 Å². The lowest BCUT2D eigenvalue weighted by Crippen LogP contribution is -2.10. The Bertz CT molecular complexity index is 413. The molecular weight excluding hydrogens is 235 g/mol. The molecule has 0 bridgehead atoms. The summed E-state index contributed by atoms with van der Waals surface area (Å²) in [5, 5.41) is 8.24. The number of carboxylic acid groups (broad SMARTS) is 1. The molecule has 1 aromatic rings. The molecule has 16 heavy (non-hydrogen) atoms. The molecule has 2 nitrogen and oxygen atoms in total. The average Bonchev–Trinajstić information content (AvgIpc) is 2.14. The highest BCUT2D eigenvalue weighted by Crippen LogP contribution is 2.32. The number of hydrogen-bond acceptors (Lipinski definition) is 1. The molecule has 0 heterocycles. The van der Waals surface area contributed by atoms with Gasteiger partial charge >= 0.3 is 12.1 Å². The van der Waals surface area contributed by atoms with E-state index >= 15 is 0 Å². The van der Waals surface area contributed by atoms with Crippen LogP contribution < -0.4 is 0 Å². The monoisotopic (exact) mass is 240 g/mol. The number of carbonyl (C=O) groups is 1. The van der Waals surface area contributed by atoms with Crippen LogP contribution in [0, 0.1) is 5.82 Å². The van der Waals surface area contributed by atoms with E-state index < -0.39 is 35.3 Å². The summed E-state index contributed by atoms with van der Waals surface area (Å²) in [5.74, 6) is -3.31. The number of carboxylic acids is 1. The first-order valence-corrected chi connectivity index (χ1v) is 3.96. The Hall–Kier alpha value is -1.66. The highest BCUT2D eigenvalue weighted by Gasteiger charge is 2.32. The van der Waals surface area contributed by atoms with Crippen LogP contribution in [0.3, 0.4) is 0 Å². The standard InChI is InChI=1S/C9H5F5O2/c10-6-2-4(7(11)8(15)16)1-5(3-6)9(12,13)14/h1-3,7H,(H,15,16). The van der Waals surface area contributed by atoms with Gasteiger partial charge in [-0.15, -0.1) is 0 Å². The minimum Gasteiger partial charge on any atom is -0.479 e. The third-order valence-corrected chi connectivity index (χ3v) is 1.76. The van der Waals surface area contributed by atoms with Crippen LogP contribution in [0.25, 0.3) is 0 Å². The molecule has 0 radical (unpaired) electrons. The number of aliphatic carboxylic acids is 1. The van der Waals surface area contributed by atoms with Gasteiger partial charge in [0.25, 0.3) is 0 Å². The van der Waals surface area contributed by atoms with Gasteiger partial charge < -0.3 is 5.11 Å². The minimum atomic E-state index is -4.85. The van der Waals surface area contributed by atoms with Crippen LogP contribution in [0.5, 0.6) is 0 Å². The van der Waals surface area contributed by atoms with Crippen molar-refractivity contribution in [1.29, 1.82) is 0 Å². The van der Waals surface area contributed by atoms with Gasteiger partial charge in [-0.3, -0.25) is 0 Å². The molecule has 0 saturated heterocycles. The Balaban J connectivity index is 3.23. The van der Waals surface area contributed by atoms with Crippen LogP contribution in [-0.2, 0) is 11.0 Å². The molecule has 0 saturated carbocycles. The molecule has 0 spiro atoms. The molecule has 0 aliphatic carbocycles. The number of halogens is 5. The topological polar surface area (TPSA) is 37.3 Å². The Kier molecular flexibility index (Phi) is 3.16. The van der Waals surface area contributed by atoms with E-state index in [0.717, 1.165) is 0 Å². The number of rotatable bonds is 2. The molecule has 1 atom stereocenters. The van der Waals surface area contributed by atoms with Crippen molar-refractivity contribution in [3.8, 4) is 0 Å². The van der Waals surface area contributed by atoms with Gasteiger partial charge in [-0.1, -0.05) is 0 Å². The second-order valence-electron chi connectivity index (χ2n) is 2.97. The van der Waals surface area contributed by atoms with E-state index in [1.54, 1.807) is 0 Å². The van der Waals surface area contributed by atoms with E-state index in [-0.39, 0.29) is 12.1 Å². The maximum atomic E-state index is 12.9.